The van der Waals surface area contributed by atoms with E-state index in [1.54, 1.807) is 12.2 Å². The number of benzene rings is 1. The molecule has 0 unspecified atom stereocenters. The summed E-state index contributed by atoms with van der Waals surface area (Å²) < 4.78 is 11.2. The van der Waals surface area contributed by atoms with Crippen molar-refractivity contribution in [3.63, 3.8) is 0 Å². The van der Waals surface area contributed by atoms with Gasteiger partial charge in [0.25, 0.3) is 0 Å². The van der Waals surface area contributed by atoms with Crippen LogP contribution < -0.4 is 4.74 Å². The summed E-state index contributed by atoms with van der Waals surface area (Å²) in [5.41, 5.74) is 1.51. The molecule has 1 aromatic carbocycles. The molecule has 0 spiro atoms. The monoisotopic (exact) mass is 400 g/mol. The van der Waals surface area contributed by atoms with Crippen LogP contribution in [-0.4, -0.2) is 29.4 Å². The summed E-state index contributed by atoms with van der Waals surface area (Å²) in [7, 11) is 1.45. The van der Waals surface area contributed by atoms with E-state index >= 15 is 0 Å². The molecule has 0 heterocycles. The van der Waals surface area contributed by atoms with Gasteiger partial charge in [-0.3, -0.25) is 0 Å². The van der Waals surface area contributed by atoms with E-state index < -0.39 is 5.97 Å². The summed E-state index contributed by atoms with van der Waals surface area (Å²) >= 11 is 0. The lowest BCUT2D eigenvalue weighted by Crippen LogP contribution is -2.33. The Balaban J connectivity index is 2.51. The van der Waals surface area contributed by atoms with Crippen molar-refractivity contribution < 1.29 is 24.5 Å². The van der Waals surface area contributed by atoms with E-state index in [1.807, 2.05) is 6.92 Å². The molecule has 1 aromatic rings. The van der Waals surface area contributed by atoms with Gasteiger partial charge in [0.05, 0.1) is 7.11 Å². The van der Waals surface area contributed by atoms with Crippen LogP contribution in [0.4, 0.5) is 0 Å². The molecule has 1 fully saturated rings. The Bertz CT molecular complexity index is 771. The smallest absolute Gasteiger partial charge is 0.346 e. The van der Waals surface area contributed by atoms with Crippen LogP contribution in [0.1, 0.15) is 54.6 Å². The van der Waals surface area contributed by atoms with Crippen molar-refractivity contribution in [2.45, 2.75) is 52.1 Å². The predicted molar refractivity (Wildman–Crippen MR) is 115 cm³/mol. The first-order chi connectivity index (χ1) is 13.8. The first-order valence-electron chi connectivity index (χ1n) is 9.98. The molecule has 3 atom stereocenters. The highest BCUT2D eigenvalue weighted by atomic mass is 16.5. The number of phenolic OH excluding ortho intramolecular Hbond substituents is 2. The van der Waals surface area contributed by atoms with E-state index in [9.17, 15) is 15.0 Å². The SMILES string of the molecule is C=CCc1c(O)c(C(=O)O[C@@H]2C[C@H](C)CC[C@H]2C(=C)C)c(O)c(CC=C)c1OC. The molecule has 0 amide bonds. The average molecular weight is 401 g/mol. The fraction of sp³-hybridized carbons (Fsp3) is 0.458. The maximum atomic E-state index is 13.1. The molecule has 158 valence electrons. The summed E-state index contributed by atoms with van der Waals surface area (Å²) in [4.78, 5) is 13.1. The molecule has 0 saturated heterocycles. The highest BCUT2D eigenvalue weighted by Gasteiger charge is 2.35. The first-order valence-corrected chi connectivity index (χ1v) is 9.98. The average Bonchev–Trinajstić information content (AvgIpc) is 2.65. The van der Waals surface area contributed by atoms with Crippen molar-refractivity contribution in [2.24, 2.45) is 11.8 Å². The van der Waals surface area contributed by atoms with E-state index in [4.69, 9.17) is 9.47 Å². The molecule has 0 radical (unpaired) electrons. The van der Waals surface area contributed by atoms with Gasteiger partial charge in [0, 0.05) is 17.0 Å². The molecule has 1 aliphatic rings. The second kappa shape index (κ2) is 9.68. The summed E-state index contributed by atoms with van der Waals surface area (Å²) in [6.45, 7) is 15.5. The Morgan fingerprint density at radius 2 is 1.69 bits per heavy atom. The number of rotatable bonds is 8. The third kappa shape index (κ3) is 4.66. The maximum Gasteiger partial charge on any atom is 0.346 e. The zero-order chi connectivity index (χ0) is 21.7. The van der Waals surface area contributed by atoms with Gasteiger partial charge in [-0.2, -0.15) is 0 Å². The van der Waals surface area contributed by atoms with Crippen LogP contribution >= 0.6 is 0 Å². The normalized spacial score (nSPS) is 21.3. The number of methoxy groups -OCH3 is 1. The van der Waals surface area contributed by atoms with Gasteiger partial charge in [-0.25, -0.2) is 4.79 Å². The molecule has 5 nitrogen and oxygen atoms in total. The number of aromatic hydroxyl groups is 2. The number of esters is 1. The quantitative estimate of drug-likeness (QED) is 0.469. The molecule has 2 rings (SSSR count). The Morgan fingerprint density at radius 1 is 1.14 bits per heavy atom. The number of hydrogen-bond acceptors (Lipinski definition) is 5. The van der Waals surface area contributed by atoms with Crippen molar-refractivity contribution in [3.05, 3.63) is 54.2 Å². The summed E-state index contributed by atoms with van der Waals surface area (Å²) in [6.07, 6.45) is 6.08. The zero-order valence-electron chi connectivity index (χ0n) is 17.7. The van der Waals surface area contributed by atoms with Crippen LogP contribution in [0.15, 0.2) is 37.5 Å². The summed E-state index contributed by atoms with van der Waals surface area (Å²) in [5, 5.41) is 21.6. The van der Waals surface area contributed by atoms with E-state index in [1.165, 1.54) is 7.11 Å². The Morgan fingerprint density at radius 3 is 2.14 bits per heavy atom. The van der Waals surface area contributed by atoms with E-state index in [0.29, 0.717) is 22.8 Å². The van der Waals surface area contributed by atoms with Gasteiger partial charge >= 0.3 is 5.97 Å². The second-order valence-electron chi connectivity index (χ2n) is 7.86. The molecule has 29 heavy (non-hydrogen) atoms. The number of allylic oxidation sites excluding steroid dienone is 2. The number of carbonyl (C=O) groups is 1. The minimum atomic E-state index is -0.747. The van der Waals surface area contributed by atoms with Crippen LogP contribution in [0.3, 0.4) is 0 Å². The lowest BCUT2D eigenvalue weighted by Gasteiger charge is -2.35. The molecule has 1 saturated carbocycles. The Hall–Kier alpha value is -2.69. The first kappa shape index (κ1) is 22.6. The molecule has 5 heteroatoms. The van der Waals surface area contributed by atoms with Crippen molar-refractivity contribution in [3.8, 4) is 17.2 Å². The van der Waals surface area contributed by atoms with Crippen LogP contribution in [0, 0.1) is 11.8 Å². The maximum absolute atomic E-state index is 13.1. The van der Waals surface area contributed by atoms with Crippen LogP contribution in [-0.2, 0) is 17.6 Å². The summed E-state index contributed by atoms with van der Waals surface area (Å²) in [5.74, 6) is -0.612. The fourth-order valence-corrected chi connectivity index (χ4v) is 4.14. The third-order valence-electron chi connectivity index (χ3n) is 5.64. The lowest BCUT2D eigenvalue weighted by molar-refractivity contribution is -0.0000799. The standard InChI is InChI=1S/C24H32O5/c1-7-9-17-21(25)20(22(26)18(10-8-2)23(17)28-6)24(27)29-19-13-15(5)11-12-16(19)14(3)4/h7-8,15-16,19,25-26H,1-3,9-13H2,4-6H3/t15-,16+,19-/m1/s1. The van der Waals surface area contributed by atoms with E-state index in [0.717, 1.165) is 24.8 Å². The fourth-order valence-electron chi connectivity index (χ4n) is 4.14. The number of ether oxygens (including phenoxy) is 2. The van der Waals surface area contributed by atoms with Crippen LogP contribution in [0.5, 0.6) is 17.2 Å². The molecule has 0 aliphatic heterocycles. The molecular formula is C24H32O5. The Kier molecular flexibility index (Phi) is 7.54. The van der Waals surface area contributed by atoms with Gasteiger partial charge in [0.15, 0.2) is 0 Å². The number of carbonyl (C=O) groups excluding carboxylic acids is 1. The molecule has 0 aromatic heterocycles. The number of phenols is 2. The van der Waals surface area contributed by atoms with Gasteiger partial charge in [-0.1, -0.05) is 31.2 Å². The topological polar surface area (TPSA) is 76.0 Å². The van der Waals surface area contributed by atoms with E-state index in [2.05, 4.69) is 26.7 Å². The molecule has 1 aliphatic carbocycles. The van der Waals surface area contributed by atoms with Gasteiger partial charge in [0.2, 0.25) is 0 Å². The Labute approximate surface area is 173 Å². The highest BCUT2D eigenvalue weighted by molar-refractivity contribution is 5.97. The predicted octanol–water partition coefficient (Wildman–Crippen LogP) is 5.10. The largest absolute Gasteiger partial charge is 0.506 e. The highest BCUT2D eigenvalue weighted by Crippen LogP contribution is 2.44. The van der Waals surface area contributed by atoms with Crippen LogP contribution in [0.25, 0.3) is 0 Å². The van der Waals surface area contributed by atoms with Gasteiger partial charge in [0.1, 0.15) is 28.9 Å². The van der Waals surface area contributed by atoms with E-state index in [-0.39, 0.29) is 41.9 Å². The lowest BCUT2D eigenvalue weighted by atomic mass is 9.77. The van der Waals surface area contributed by atoms with Crippen LogP contribution in [0.2, 0.25) is 0 Å². The number of hydrogen-bond donors (Lipinski definition) is 2. The molecule has 0 bridgehead atoms. The molecule has 2 N–H and O–H groups in total. The minimum absolute atomic E-state index is 0.0676. The van der Waals surface area contributed by atoms with Gasteiger partial charge in [-0.05, 0) is 44.9 Å². The van der Waals surface area contributed by atoms with Crippen molar-refractivity contribution in [1.29, 1.82) is 0 Å². The van der Waals surface area contributed by atoms with Crippen molar-refractivity contribution in [2.75, 3.05) is 7.11 Å². The summed E-state index contributed by atoms with van der Waals surface area (Å²) in [6, 6.07) is 0. The van der Waals surface area contributed by atoms with Gasteiger partial charge in [-0.15, -0.1) is 13.2 Å². The third-order valence-corrected chi connectivity index (χ3v) is 5.64. The minimum Gasteiger partial charge on any atom is -0.506 e. The van der Waals surface area contributed by atoms with Crippen molar-refractivity contribution in [1.82, 2.24) is 0 Å². The van der Waals surface area contributed by atoms with Gasteiger partial charge < -0.3 is 19.7 Å². The van der Waals surface area contributed by atoms with Crippen molar-refractivity contribution >= 4 is 5.97 Å². The zero-order valence-corrected chi connectivity index (χ0v) is 17.7. The molecular weight excluding hydrogens is 368 g/mol. The second-order valence-corrected chi connectivity index (χ2v) is 7.86.